The summed E-state index contributed by atoms with van der Waals surface area (Å²) >= 11 is 5.74. The Kier molecular flexibility index (Phi) is 5.33. The van der Waals surface area contributed by atoms with Gasteiger partial charge >= 0.3 is 12.1 Å². The standard InChI is InChI=1S/C16H13ClF3NO3/c1-2-24-15(23)12-7-8-13(16(18,19)20)21(14(12)22)9-10-3-5-11(17)6-4-10/h3-8H,2,9H2,1H3. The number of nitrogens with zero attached hydrogens (tertiary/aromatic N) is 1. The van der Waals surface area contributed by atoms with Crippen LogP contribution in [0.5, 0.6) is 0 Å². The van der Waals surface area contributed by atoms with Gasteiger partial charge in [0.1, 0.15) is 11.3 Å². The molecule has 2 rings (SSSR count). The van der Waals surface area contributed by atoms with E-state index in [0.29, 0.717) is 21.2 Å². The summed E-state index contributed by atoms with van der Waals surface area (Å²) < 4.78 is 44.8. The fourth-order valence-corrected chi connectivity index (χ4v) is 2.25. The predicted octanol–water partition coefficient (Wildman–Crippen LogP) is 3.75. The molecule has 1 aromatic carbocycles. The van der Waals surface area contributed by atoms with Crippen molar-refractivity contribution in [1.29, 1.82) is 0 Å². The molecule has 0 amide bonds. The SMILES string of the molecule is CCOC(=O)c1ccc(C(F)(F)F)n(Cc2ccc(Cl)cc2)c1=O. The van der Waals surface area contributed by atoms with Gasteiger partial charge in [-0.05, 0) is 36.8 Å². The Bertz CT molecular complexity index is 798. The lowest BCUT2D eigenvalue weighted by Crippen LogP contribution is -2.32. The fourth-order valence-electron chi connectivity index (χ4n) is 2.12. The molecule has 8 heteroatoms. The number of carbonyl (C=O) groups is 1. The first-order valence-electron chi connectivity index (χ1n) is 6.96. The number of rotatable bonds is 4. The smallest absolute Gasteiger partial charge is 0.431 e. The third kappa shape index (κ3) is 3.97. The van der Waals surface area contributed by atoms with Gasteiger partial charge in [0, 0.05) is 5.02 Å². The number of carbonyl (C=O) groups excluding carboxylic acids is 1. The minimum absolute atomic E-state index is 0.0104. The molecule has 4 nitrogen and oxygen atoms in total. The highest BCUT2D eigenvalue weighted by molar-refractivity contribution is 6.30. The number of alkyl halides is 3. The first-order valence-corrected chi connectivity index (χ1v) is 7.34. The van der Waals surface area contributed by atoms with Crippen molar-refractivity contribution < 1.29 is 22.7 Å². The summed E-state index contributed by atoms with van der Waals surface area (Å²) in [4.78, 5) is 24.1. The zero-order valence-corrected chi connectivity index (χ0v) is 13.3. The third-order valence-corrected chi connectivity index (χ3v) is 3.47. The van der Waals surface area contributed by atoms with Crippen LogP contribution in [0.4, 0.5) is 13.2 Å². The minimum Gasteiger partial charge on any atom is -0.462 e. The number of pyridine rings is 1. The number of halogens is 4. The second-order valence-electron chi connectivity index (χ2n) is 4.87. The second-order valence-corrected chi connectivity index (χ2v) is 5.30. The molecular formula is C16H13ClF3NO3. The van der Waals surface area contributed by atoms with E-state index in [1.54, 1.807) is 0 Å². The van der Waals surface area contributed by atoms with E-state index in [0.717, 1.165) is 6.07 Å². The van der Waals surface area contributed by atoms with E-state index in [1.807, 2.05) is 0 Å². The Morgan fingerprint density at radius 2 is 1.79 bits per heavy atom. The molecule has 1 heterocycles. The van der Waals surface area contributed by atoms with E-state index in [4.69, 9.17) is 16.3 Å². The third-order valence-electron chi connectivity index (χ3n) is 3.21. The number of aromatic nitrogens is 1. The number of ether oxygens (including phenoxy) is 1. The predicted molar refractivity (Wildman–Crippen MR) is 82.2 cm³/mol. The molecule has 24 heavy (non-hydrogen) atoms. The number of hydrogen-bond acceptors (Lipinski definition) is 3. The molecule has 0 unspecified atom stereocenters. The van der Waals surface area contributed by atoms with Gasteiger partial charge in [-0.25, -0.2) is 4.79 Å². The van der Waals surface area contributed by atoms with Gasteiger partial charge in [0.2, 0.25) is 0 Å². The highest BCUT2D eigenvalue weighted by atomic mass is 35.5. The van der Waals surface area contributed by atoms with E-state index in [1.165, 1.54) is 31.2 Å². The molecule has 0 radical (unpaired) electrons. The van der Waals surface area contributed by atoms with Crippen molar-refractivity contribution in [1.82, 2.24) is 4.57 Å². The molecule has 0 aliphatic rings. The molecule has 0 atom stereocenters. The van der Waals surface area contributed by atoms with Crippen LogP contribution in [0.3, 0.4) is 0 Å². The highest BCUT2D eigenvalue weighted by Crippen LogP contribution is 2.29. The molecule has 1 aromatic heterocycles. The maximum atomic E-state index is 13.2. The van der Waals surface area contributed by atoms with E-state index >= 15 is 0 Å². The molecule has 2 aromatic rings. The molecule has 0 bridgehead atoms. The summed E-state index contributed by atoms with van der Waals surface area (Å²) in [7, 11) is 0. The van der Waals surface area contributed by atoms with Gasteiger partial charge in [-0.1, -0.05) is 23.7 Å². The average molecular weight is 360 g/mol. The molecule has 0 aliphatic carbocycles. The van der Waals surface area contributed by atoms with E-state index in [2.05, 4.69) is 0 Å². The lowest BCUT2D eigenvalue weighted by atomic mass is 10.2. The van der Waals surface area contributed by atoms with Gasteiger partial charge in [-0.3, -0.25) is 9.36 Å². The lowest BCUT2D eigenvalue weighted by Gasteiger charge is -2.16. The lowest BCUT2D eigenvalue weighted by molar-refractivity contribution is -0.144. The van der Waals surface area contributed by atoms with Crippen LogP contribution in [0.1, 0.15) is 28.5 Å². The summed E-state index contributed by atoms with van der Waals surface area (Å²) in [5, 5.41) is 0.419. The van der Waals surface area contributed by atoms with Crippen molar-refractivity contribution in [2.24, 2.45) is 0 Å². The van der Waals surface area contributed by atoms with Crippen LogP contribution in [0.15, 0.2) is 41.2 Å². The summed E-state index contributed by atoms with van der Waals surface area (Å²) in [5.74, 6) is -0.957. The number of benzene rings is 1. The van der Waals surface area contributed by atoms with Crippen molar-refractivity contribution in [3.05, 3.63) is 68.6 Å². The monoisotopic (exact) mass is 359 g/mol. The molecule has 0 spiro atoms. The van der Waals surface area contributed by atoms with E-state index < -0.39 is 29.0 Å². The summed E-state index contributed by atoms with van der Waals surface area (Å²) in [5.41, 5.74) is -2.21. The van der Waals surface area contributed by atoms with Gasteiger partial charge in [0.25, 0.3) is 5.56 Å². The van der Waals surface area contributed by atoms with Crippen molar-refractivity contribution >= 4 is 17.6 Å². The van der Waals surface area contributed by atoms with Crippen molar-refractivity contribution in [2.45, 2.75) is 19.6 Å². The number of esters is 1. The normalized spacial score (nSPS) is 11.4. The van der Waals surface area contributed by atoms with Crippen LogP contribution in [-0.4, -0.2) is 17.1 Å². The van der Waals surface area contributed by atoms with Crippen LogP contribution in [-0.2, 0) is 17.5 Å². The zero-order chi connectivity index (χ0) is 17.9. The Balaban J connectivity index is 2.56. The summed E-state index contributed by atoms with van der Waals surface area (Å²) in [6, 6.07) is 7.55. The molecule has 0 fully saturated rings. The summed E-state index contributed by atoms with van der Waals surface area (Å²) in [6.45, 7) is 1.20. The topological polar surface area (TPSA) is 48.3 Å². The van der Waals surface area contributed by atoms with Gasteiger partial charge in [-0.2, -0.15) is 13.2 Å². The van der Waals surface area contributed by atoms with Crippen LogP contribution in [0, 0.1) is 0 Å². The van der Waals surface area contributed by atoms with E-state index in [-0.39, 0.29) is 13.2 Å². The number of hydrogen-bond donors (Lipinski definition) is 0. The molecule has 128 valence electrons. The molecule has 0 saturated carbocycles. The Labute approximate surface area is 140 Å². The Morgan fingerprint density at radius 3 is 2.33 bits per heavy atom. The first-order chi connectivity index (χ1) is 11.2. The van der Waals surface area contributed by atoms with Gasteiger partial charge < -0.3 is 4.74 Å². The van der Waals surface area contributed by atoms with Crippen LogP contribution in [0.25, 0.3) is 0 Å². The molecular weight excluding hydrogens is 347 g/mol. The van der Waals surface area contributed by atoms with Crippen molar-refractivity contribution in [2.75, 3.05) is 6.61 Å². The second kappa shape index (κ2) is 7.09. The van der Waals surface area contributed by atoms with Crippen molar-refractivity contribution in [3.8, 4) is 0 Å². The average Bonchev–Trinajstić information content (AvgIpc) is 2.50. The van der Waals surface area contributed by atoms with E-state index in [9.17, 15) is 22.8 Å². The maximum absolute atomic E-state index is 13.2. The quantitative estimate of drug-likeness (QED) is 0.781. The minimum atomic E-state index is -4.74. The van der Waals surface area contributed by atoms with Gasteiger partial charge in [-0.15, -0.1) is 0 Å². The molecule has 0 N–H and O–H groups in total. The largest absolute Gasteiger partial charge is 0.462 e. The van der Waals surface area contributed by atoms with Gasteiger partial charge in [0.15, 0.2) is 0 Å². The van der Waals surface area contributed by atoms with Crippen LogP contribution < -0.4 is 5.56 Å². The van der Waals surface area contributed by atoms with Crippen LogP contribution >= 0.6 is 11.6 Å². The van der Waals surface area contributed by atoms with Crippen LogP contribution in [0.2, 0.25) is 5.02 Å². The molecule has 0 saturated heterocycles. The zero-order valence-electron chi connectivity index (χ0n) is 12.6. The van der Waals surface area contributed by atoms with Gasteiger partial charge in [0.05, 0.1) is 13.2 Å². The Hall–Kier alpha value is -2.28. The highest BCUT2D eigenvalue weighted by Gasteiger charge is 2.35. The van der Waals surface area contributed by atoms with Crippen molar-refractivity contribution in [3.63, 3.8) is 0 Å². The Morgan fingerprint density at radius 1 is 1.17 bits per heavy atom. The summed E-state index contributed by atoms with van der Waals surface area (Å²) in [6.07, 6.45) is -4.74. The first kappa shape index (κ1) is 18.1. The molecule has 0 aliphatic heterocycles. The maximum Gasteiger partial charge on any atom is 0.431 e. The fraction of sp³-hybridized carbons (Fsp3) is 0.250.